The minimum Gasteiger partial charge on any atom is -0.388 e. The number of rotatable bonds is 5. The van der Waals surface area contributed by atoms with Crippen molar-refractivity contribution < 1.29 is 0 Å². The van der Waals surface area contributed by atoms with Gasteiger partial charge < -0.3 is 11.1 Å². The van der Waals surface area contributed by atoms with Gasteiger partial charge in [-0.1, -0.05) is 25.6 Å². The zero-order valence-corrected chi connectivity index (χ0v) is 11.8. The van der Waals surface area contributed by atoms with Gasteiger partial charge in [0.2, 0.25) is 5.95 Å². The van der Waals surface area contributed by atoms with E-state index in [2.05, 4.69) is 22.2 Å². The van der Waals surface area contributed by atoms with Gasteiger partial charge in [0.25, 0.3) is 0 Å². The number of thiocarbonyl (C=S) groups is 1. The lowest BCUT2D eigenvalue weighted by atomic mass is 9.67. The van der Waals surface area contributed by atoms with Crippen LogP contribution in [0.25, 0.3) is 0 Å². The Kier molecular flexibility index (Phi) is 3.80. The minimum absolute atomic E-state index is 0.317. The standard InChI is InChI=1S/C13H20N4S/c1-3-13(5-4-6-13)8-15-12-16-9(2)7-10(17-12)11(14)18/h7H,3-6,8H2,1-2H3,(H2,14,18)(H,15,16,17). The third-order valence-corrected chi connectivity index (χ3v) is 4.10. The van der Waals surface area contributed by atoms with Crippen molar-refractivity contribution in [3.05, 3.63) is 17.5 Å². The van der Waals surface area contributed by atoms with Crippen LogP contribution < -0.4 is 11.1 Å². The first kappa shape index (κ1) is 13.2. The Hall–Kier alpha value is -1.23. The normalized spacial score (nSPS) is 17.0. The van der Waals surface area contributed by atoms with Crippen molar-refractivity contribution in [3.63, 3.8) is 0 Å². The molecule has 0 atom stereocenters. The van der Waals surface area contributed by atoms with Crippen LogP contribution in [0.4, 0.5) is 5.95 Å². The second-order valence-corrected chi connectivity index (χ2v) is 5.58. The number of nitrogens with zero attached hydrogens (tertiary/aromatic N) is 2. The van der Waals surface area contributed by atoms with E-state index < -0.39 is 0 Å². The van der Waals surface area contributed by atoms with E-state index in [1.54, 1.807) is 0 Å². The van der Waals surface area contributed by atoms with Crippen LogP contribution in [0, 0.1) is 12.3 Å². The minimum atomic E-state index is 0.317. The zero-order chi connectivity index (χ0) is 13.2. The molecule has 1 aliphatic carbocycles. The van der Waals surface area contributed by atoms with Crippen LogP contribution in [0.1, 0.15) is 44.0 Å². The third kappa shape index (κ3) is 2.77. The van der Waals surface area contributed by atoms with E-state index in [0.717, 1.165) is 12.2 Å². The quantitative estimate of drug-likeness (QED) is 0.800. The fraction of sp³-hybridized carbons (Fsp3) is 0.615. The fourth-order valence-electron chi connectivity index (χ4n) is 2.37. The zero-order valence-electron chi connectivity index (χ0n) is 11.0. The molecule has 0 radical (unpaired) electrons. The summed E-state index contributed by atoms with van der Waals surface area (Å²) < 4.78 is 0. The Morgan fingerprint density at radius 1 is 1.50 bits per heavy atom. The van der Waals surface area contributed by atoms with Crippen LogP contribution in [0.15, 0.2) is 6.07 Å². The summed E-state index contributed by atoms with van der Waals surface area (Å²) in [5.74, 6) is 0.637. The molecular weight excluding hydrogens is 244 g/mol. The number of nitrogens with one attached hydrogen (secondary N) is 1. The van der Waals surface area contributed by atoms with Crippen molar-refractivity contribution in [1.29, 1.82) is 0 Å². The molecule has 1 saturated carbocycles. The molecule has 0 bridgehead atoms. The second-order valence-electron chi connectivity index (χ2n) is 5.14. The van der Waals surface area contributed by atoms with E-state index in [1.165, 1.54) is 25.7 Å². The van der Waals surface area contributed by atoms with Crippen molar-refractivity contribution in [1.82, 2.24) is 9.97 Å². The lowest BCUT2D eigenvalue weighted by molar-refractivity contribution is 0.144. The van der Waals surface area contributed by atoms with Gasteiger partial charge in [0, 0.05) is 12.2 Å². The van der Waals surface area contributed by atoms with Gasteiger partial charge in [-0.3, -0.25) is 0 Å². The van der Waals surface area contributed by atoms with Gasteiger partial charge >= 0.3 is 0 Å². The van der Waals surface area contributed by atoms with Gasteiger partial charge in [-0.25, -0.2) is 9.97 Å². The maximum absolute atomic E-state index is 5.61. The highest BCUT2D eigenvalue weighted by atomic mass is 32.1. The van der Waals surface area contributed by atoms with Gasteiger partial charge in [-0.15, -0.1) is 0 Å². The highest BCUT2D eigenvalue weighted by Crippen LogP contribution is 2.43. The van der Waals surface area contributed by atoms with E-state index in [-0.39, 0.29) is 0 Å². The van der Waals surface area contributed by atoms with Crippen LogP contribution >= 0.6 is 12.2 Å². The van der Waals surface area contributed by atoms with Crippen LogP contribution in [0.5, 0.6) is 0 Å². The van der Waals surface area contributed by atoms with Gasteiger partial charge in [0.05, 0.1) is 0 Å². The second kappa shape index (κ2) is 5.18. The number of aromatic nitrogens is 2. The first-order valence-electron chi connectivity index (χ1n) is 6.44. The molecule has 1 fully saturated rings. The Morgan fingerprint density at radius 3 is 2.72 bits per heavy atom. The molecular formula is C13H20N4S. The van der Waals surface area contributed by atoms with Gasteiger partial charge in [0.1, 0.15) is 10.7 Å². The van der Waals surface area contributed by atoms with E-state index in [1.807, 2.05) is 13.0 Å². The lowest BCUT2D eigenvalue weighted by Crippen LogP contribution is -2.36. The molecule has 18 heavy (non-hydrogen) atoms. The smallest absolute Gasteiger partial charge is 0.223 e. The molecule has 1 aliphatic rings. The molecule has 0 aliphatic heterocycles. The summed E-state index contributed by atoms with van der Waals surface area (Å²) >= 11 is 4.96. The molecule has 0 aromatic carbocycles. The first-order valence-corrected chi connectivity index (χ1v) is 6.85. The summed E-state index contributed by atoms with van der Waals surface area (Å²) in [7, 11) is 0. The average Bonchev–Trinajstić information content (AvgIpc) is 2.27. The van der Waals surface area contributed by atoms with Crippen molar-refractivity contribution in [3.8, 4) is 0 Å². The van der Waals surface area contributed by atoms with E-state index >= 15 is 0 Å². The Labute approximate surface area is 113 Å². The molecule has 0 saturated heterocycles. The molecule has 2 rings (SSSR count). The maximum atomic E-state index is 5.61. The average molecular weight is 264 g/mol. The summed E-state index contributed by atoms with van der Waals surface area (Å²) in [5.41, 5.74) is 7.57. The summed E-state index contributed by atoms with van der Waals surface area (Å²) in [6.45, 7) is 5.11. The highest BCUT2D eigenvalue weighted by molar-refractivity contribution is 7.80. The number of aryl methyl sites for hydroxylation is 1. The third-order valence-electron chi connectivity index (χ3n) is 3.89. The molecule has 1 aromatic heterocycles. The molecule has 98 valence electrons. The largest absolute Gasteiger partial charge is 0.388 e. The summed E-state index contributed by atoms with van der Waals surface area (Å²) in [4.78, 5) is 9.03. The van der Waals surface area contributed by atoms with E-state index in [9.17, 15) is 0 Å². The fourth-order valence-corrected chi connectivity index (χ4v) is 2.48. The van der Waals surface area contributed by atoms with Crippen LogP contribution in [0.2, 0.25) is 0 Å². The van der Waals surface area contributed by atoms with Crippen molar-refractivity contribution in [2.45, 2.75) is 39.5 Å². The Balaban J connectivity index is 2.07. The summed E-state index contributed by atoms with van der Waals surface area (Å²) in [6.07, 6.45) is 5.13. The summed E-state index contributed by atoms with van der Waals surface area (Å²) in [6, 6.07) is 1.81. The monoisotopic (exact) mass is 264 g/mol. The Bertz CT molecular complexity index is 449. The number of anilines is 1. The van der Waals surface area contributed by atoms with Gasteiger partial charge in [0.15, 0.2) is 0 Å². The maximum Gasteiger partial charge on any atom is 0.223 e. The molecule has 1 aromatic rings. The number of nitrogens with two attached hydrogens (primary N) is 1. The van der Waals surface area contributed by atoms with Crippen LogP contribution in [0.3, 0.4) is 0 Å². The lowest BCUT2D eigenvalue weighted by Gasteiger charge is -2.41. The van der Waals surface area contributed by atoms with Crippen LogP contribution in [-0.4, -0.2) is 21.5 Å². The highest BCUT2D eigenvalue weighted by Gasteiger charge is 2.34. The van der Waals surface area contributed by atoms with Crippen molar-refractivity contribution in [2.75, 3.05) is 11.9 Å². The molecule has 0 unspecified atom stereocenters. The molecule has 5 heteroatoms. The first-order chi connectivity index (χ1) is 8.54. The number of hydrogen-bond donors (Lipinski definition) is 2. The van der Waals surface area contributed by atoms with Crippen molar-refractivity contribution >= 4 is 23.2 Å². The molecule has 0 amide bonds. The van der Waals surface area contributed by atoms with Gasteiger partial charge in [-0.05, 0) is 37.7 Å². The molecule has 4 nitrogen and oxygen atoms in total. The predicted octanol–water partition coefficient (Wildman–Crippen LogP) is 2.41. The SMILES string of the molecule is CCC1(CNc2nc(C)cc(C(N)=S)n2)CCC1. The molecule has 0 spiro atoms. The topological polar surface area (TPSA) is 63.8 Å². The number of hydrogen-bond acceptors (Lipinski definition) is 4. The predicted molar refractivity (Wildman–Crippen MR) is 77.7 cm³/mol. The van der Waals surface area contributed by atoms with E-state index in [4.69, 9.17) is 18.0 Å². The molecule has 3 N–H and O–H groups in total. The van der Waals surface area contributed by atoms with Gasteiger partial charge in [-0.2, -0.15) is 0 Å². The van der Waals surface area contributed by atoms with E-state index in [0.29, 0.717) is 22.0 Å². The van der Waals surface area contributed by atoms with Crippen LogP contribution in [-0.2, 0) is 0 Å². The summed E-state index contributed by atoms with van der Waals surface area (Å²) in [5, 5.41) is 3.34. The van der Waals surface area contributed by atoms with Crippen molar-refractivity contribution in [2.24, 2.45) is 11.1 Å². The molecule has 1 heterocycles. The Morgan fingerprint density at radius 2 is 2.22 bits per heavy atom.